The monoisotopic (exact) mass is 409 g/mol. The number of hydrogen-bond donors (Lipinski definition) is 1. The molecule has 0 unspecified atom stereocenters. The highest BCUT2D eigenvalue weighted by Gasteiger charge is 2.17. The minimum absolute atomic E-state index is 0.176. The summed E-state index contributed by atoms with van der Waals surface area (Å²) < 4.78 is 6.63. The van der Waals surface area contributed by atoms with Gasteiger partial charge in [-0.15, -0.1) is 0 Å². The van der Waals surface area contributed by atoms with Crippen LogP contribution in [0.1, 0.15) is 18.1 Å². The number of carbonyl (C=O) groups is 1. The smallest absolute Gasteiger partial charge is 0.271 e. The first-order valence-corrected chi connectivity index (χ1v) is 10.1. The molecule has 0 saturated carbocycles. The van der Waals surface area contributed by atoms with Gasteiger partial charge in [-0.3, -0.25) is 9.59 Å². The van der Waals surface area contributed by atoms with E-state index in [1.54, 1.807) is 32.2 Å². The maximum Gasteiger partial charge on any atom is 0.271 e. The molecule has 1 heterocycles. The Kier molecular flexibility index (Phi) is 6.39. The molecular formula is C22H23N3O3S. The Morgan fingerprint density at radius 2 is 1.86 bits per heavy atom. The number of nitrogens with one attached hydrogen (secondary N) is 1. The highest BCUT2D eigenvalue weighted by Crippen LogP contribution is 2.26. The Hall–Kier alpha value is -3.06. The molecule has 1 atom stereocenters. The summed E-state index contributed by atoms with van der Waals surface area (Å²) in [6.45, 7) is 5.80. The zero-order valence-electron chi connectivity index (χ0n) is 16.8. The molecule has 0 spiro atoms. The van der Waals surface area contributed by atoms with Gasteiger partial charge in [-0.1, -0.05) is 30.0 Å². The van der Waals surface area contributed by atoms with Crippen LogP contribution in [0, 0.1) is 13.8 Å². The SMILES string of the molecule is COc1ccccc1NC(=O)[C@@H](C)Sc1ccc(=O)n(-c2ccc(C)c(C)c2)n1. The van der Waals surface area contributed by atoms with Crippen LogP contribution >= 0.6 is 11.8 Å². The van der Waals surface area contributed by atoms with Crippen molar-refractivity contribution in [2.75, 3.05) is 12.4 Å². The molecule has 0 saturated heterocycles. The molecule has 7 heteroatoms. The lowest BCUT2D eigenvalue weighted by Gasteiger charge is -2.14. The van der Waals surface area contributed by atoms with Gasteiger partial charge >= 0.3 is 0 Å². The lowest BCUT2D eigenvalue weighted by atomic mass is 10.1. The molecule has 6 nitrogen and oxygen atoms in total. The molecular weight excluding hydrogens is 386 g/mol. The molecule has 29 heavy (non-hydrogen) atoms. The van der Waals surface area contributed by atoms with Crippen LogP contribution in [0.25, 0.3) is 5.69 Å². The molecule has 0 fully saturated rings. The van der Waals surface area contributed by atoms with Crippen molar-refractivity contribution < 1.29 is 9.53 Å². The molecule has 1 N–H and O–H groups in total. The molecule has 0 aliphatic carbocycles. The number of methoxy groups -OCH3 is 1. The Bertz CT molecular complexity index is 1090. The third-order valence-electron chi connectivity index (χ3n) is 4.54. The maximum absolute atomic E-state index is 12.6. The second-order valence-electron chi connectivity index (χ2n) is 6.64. The van der Waals surface area contributed by atoms with E-state index < -0.39 is 5.25 Å². The van der Waals surface area contributed by atoms with Crippen LogP contribution < -0.4 is 15.6 Å². The molecule has 0 aliphatic rings. The summed E-state index contributed by atoms with van der Waals surface area (Å²) in [6, 6.07) is 16.1. The number of benzene rings is 2. The van der Waals surface area contributed by atoms with E-state index in [1.807, 2.05) is 44.2 Å². The fourth-order valence-corrected chi connectivity index (χ4v) is 3.52. The summed E-state index contributed by atoms with van der Waals surface area (Å²) in [5, 5.41) is 7.48. The fraction of sp³-hybridized carbons (Fsp3) is 0.227. The van der Waals surface area contributed by atoms with Crippen LogP contribution in [0.15, 0.2) is 64.4 Å². The van der Waals surface area contributed by atoms with Gasteiger partial charge in [-0.05, 0) is 62.2 Å². The van der Waals surface area contributed by atoms with E-state index in [9.17, 15) is 9.59 Å². The number of aromatic nitrogens is 2. The predicted molar refractivity (Wildman–Crippen MR) is 116 cm³/mol. The van der Waals surface area contributed by atoms with Gasteiger partial charge in [0.2, 0.25) is 5.91 Å². The van der Waals surface area contributed by atoms with Crippen LogP contribution in [-0.2, 0) is 4.79 Å². The van der Waals surface area contributed by atoms with Gasteiger partial charge in [0.1, 0.15) is 10.8 Å². The van der Waals surface area contributed by atoms with E-state index in [2.05, 4.69) is 10.4 Å². The van der Waals surface area contributed by atoms with Crippen molar-refractivity contribution in [3.8, 4) is 11.4 Å². The highest BCUT2D eigenvalue weighted by atomic mass is 32.2. The molecule has 150 valence electrons. The average molecular weight is 410 g/mol. The summed E-state index contributed by atoms with van der Waals surface area (Å²) >= 11 is 1.29. The largest absolute Gasteiger partial charge is 0.495 e. The van der Waals surface area contributed by atoms with Crippen molar-refractivity contribution in [2.24, 2.45) is 0 Å². The van der Waals surface area contributed by atoms with E-state index in [0.29, 0.717) is 22.2 Å². The summed E-state index contributed by atoms with van der Waals surface area (Å²) in [4.78, 5) is 24.9. The van der Waals surface area contributed by atoms with Gasteiger partial charge in [0.05, 0.1) is 23.7 Å². The summed E-state index contributed by atoms with van der Waals surface area (Å²) in [6.07, 6.45) is 0. The van der Waals surface area contributed by atoms with E-state index in [-0.39, 0.29) is 11.5 Å². The fourth-order valence-electron chi connectivity index (χ4n) is 2.72. The number of ether oxygens (including phenoxy) is 1. The molecule has 1 aromatic heterocycles. The molecule has 0 aliphatic heterocycles. The Labute approximate surface area is 173 Å². The Morgan fingerprint density at radius 3 is 2.59 bits per heavy atom. The lowest BCUT2D eigenvalue weighted by molar-refractivity contribution is -0.115. The Morgan fingerprint density at radius 1 is 1.10 bits per heavy atom. The summed E-state index contributed by atoms with van der Waals surface area (Å²) in [7, 11) is 1.56. The first kappa shape index (κ1) is 20.7. The zero-order valence-corrected chi connectivity index (χ0v) is 17.6. The van der Waals surface area contributed by atoms with Crippen LogP contribution in [0.3, 0.4) is 0 Å². The van der Waals surface area contributed by atoms with E-state index in [4.69, 9.17) is 4.74 Å². The topological polar surface area (TPSA) is 73.2 Å². The number of thioether (sulfide) groups is 1. The van der Waals surface area contributed by atoms with Gasteiger partial charge < -0.3 is 10.1 Å². The molecule has 3 aromatic rings. The van der Waals surface area contributed by atoms with Crippen molar-refractivity contribution in [3.05, 3.63) is 76.1 Å². The number of nitrogens with zero attached hydrogens (tertiary/aromatic N) is 2. The molecule has 2 aromatic carbocycles. The number of aryl methyl sites for hydroxylation is 2. The van der Waals surface area contributed by atoms with Crippen LogP contribution in [0.2, 0.25) is 0 Å². The van der Waals surface area contributed by atoms with Gasteiger partial charge in [-0.25, -0.2) is 0 Å². The maximum atomic E-state index is 12.6. The Balaban J connectivity index is 1.78. The zero-order chi connectivity index (χ0) is 21.0. The second kappa shape index (κ2) is 8.96. The molecule has 0 radical (unpaired) electrons. The number of rotatable bonds is 6. The summed E-state index contributed by atoms with van der Waals surface area (Å²) in [5.74, 6) is 0.421. The quantitative estimate of drug-likeness (QED) is 0.624. The third kappa shape index (κ3) is 4.86. The lowest BCUT2D eigenvalue weighted by Crippen LogP contribution is -2.24. The molecule has 3 rings (SSSR count). The minimum atomic E-state index is -0.418. The number of para-hydroxylation sites is 2. The van der Waals surface area contributed by atoms with Crippen LogP contribution in [0.5, 0.6) is 5.75 Å². The van der Waals surface area contributed by atoms with Crippen molar-refractivity contribution in [3.63, 3.8) is 0 Å². The van der Waals surface area contributed by atoms with E-state index in [0.717, 1.165) is 11.1 Å². The number of anilines is 1. The van der Waals surface area contributed by atoms with Crippen molar-refractivity contribution in [2.45, 2.75) is 31.0 Å². The van der Waals surface area contributed by atoms with Crippen LogP contribution in [0.4, 0.5) is 5.69 Å². The van der Waals surface area contributed by atoms with Crippen molar-refractivity contribution >= 4 is 23.4 Å². The summed E-state index contributed by atoms with van der Waals surface area (Å²) in [5.41, 5.74) is 3.32. The van der Waals surface area contributed by atoms with Gasteiger partial charge in [0.25, 0.3) is 5.56 Å². The van der Waals surface area contributed by atoms with Gasteiger partial charge in [-0.2, -0.15) is 9.78 Å². The second-order valence-corrected chi connectivity index (χ2v) is 8.00. The van der Waals surface area contributed by atoms with Crippen molar-refractivity contribution in [1.29, 1.82) is 0 Å². The van der Waals surface area contributed by atoms with Gasteiger partial charge in [0, 0.05) is 6.07 Å². The molecule has 1 amide bonds. The van der Waals surface area contributed by atoms with E-state index >= 15 is 0 Å². The minimum Gasteiger partial charge on any atom is -0.495 e. The van der Waals surface area contributed by atoms with E-state index in [1.165, 1.54) is 22.5 Å². The first-order chi connectivity index (χ1) is 13.9. The predicted octanol–water partition coefficient (Wildman–Crippen LogP) is 3.98. The first-order valence-electron chi connectivity index (χ1n) is 9.17. The normalized spacial score (nSPS) is 11.7. The standard InChI is InChI=1S/C22H23N3O3S/c1-14-9-10-17(13-15(14)2)25-21(26)12-11-20(24-25)29-16(3)22(27)23-18-7-5-6-8-19(18)28-4/h5-13,16H,1-4H3,(H,23,27)/t16-/m1/s1. The molecule has 0 bridgehead atoms. The van der Waals surface area contributed by atoms with Crippen molar-refractivity contribution in [1.82, 2.24) is 9.78 Å². The third-order valence-corrected chi connectivity index (χ3v) is 5.57. The number of carbonyl (C=O) groups excluding carboxylic acids is 1. The average Bonchev–Trinajstić information content (AvgIpc) is 2.72. The van der Waals surface area contributed by atoms with Gasteiger partial charge in [0.15, 0.2) is 0 Å². The highest BCUT2D eigenvalue weighted by molar-refractivity contribution is 8.00. The van der Waals surface area contributed by atoms with Crippen LogP contribution in [-0.4, -0.2) is 28.0 Å². The number of hydrogen-bond acceptors (Lipinski definition) is 5. The number of amides is 1.